The van der Waals surface area contributed by atoms with Crippen LogP contribution in [0.2, 0.25) is 0 Å². The lowest BCUT2D eigenvalue weighted by atomic mass is 9.99. The number of nitrogens with one attached hydrogen (secondary N) is 1. The van der Waals surface area contributed by atoms with Gasteiger partial charge >= 0.3 is 0 Å². The molecule has 0 aliphatic carbocycles. The van der Waals surface area contributed by atoms with E-state index in [4.69, 9.17) is 4.74 Å². The standard InChI is InChI=1S/C27H31N3O6S/c1-6-25(21-9-7-18(2)20(4)15-21)28-27(31)17-29(22-10-12-23(36-5)13-11-22)37(34,35)24-14-8-19(3)26(16-24)30(32)33/h7-16,25H,6,17H2,1-5H3,(H,28,31). The fourth-order valence-corrected chi connectivity index (χ4v) is 5.35. The molecule has 1 N–H and O–H groups in total. The third kappa shape index (κ3) is 6.26. The zero-order valence-corrected chi connectivity index (χ0v) is 22.3. The van der Waals surface area contributed by atoms with Gasteiger partial charge in [0.15, 0.2) is 0 Å². The Bertz CT molecular complexity index is 1400. The van der Waals surface area contributed by atoms with E-state index < -0.39 is 27.4 Å². The van der Waals surface area contributed by atoms with Crippen LogP contribution in [-0.2, 0) is 14.8 Å². The highest BCUT2D eigenvalue weighted by atomic mass is 32.2. The Kier molecular flexibility index (Phi) is 8.54. The van der Waals surface area contributed by atoms with Gasteiger partial charge < -0.3 is 10.1 Å². The van der Waals surface area contributed by atoms with Crippen molar-refractivity contribution in [2.24, 2.45) is 0 Å². The second kappa shape index (κ2) is 11.4. The maximum Gasteiger partial charge on any atom is 0.273 e. The lowest BCUT2D eigenvalue weighted by molar-refractivity contribution is -0.385. The van der Waals surface area contributed by atoms with Crippen molar-refractivity contribution in [2.45, 2.75) is 45.1 Å². The molecule has 3 aromatic carbocycles. The van der Waals surface area contributed by atoms with E-state index in [0.717, 1.165) is 27.1 Å². The van der Waals surface area contributed by atoms with Crippen LogP contribution in [0.5, 0.6) is 5.75 Å². The first kappa shape index (κ1) is 27.7. The van der Waals surface area contributed by atoms with E-state index in [2.05, 4.69) is 5.32 Å². The molecule has 10 heteroatoms. The van der Waals surface area contributed by atoms with E-state index in [1.807, 2.05) is 39.0 Å². The number of carbonyl (C=O) groups is 1. The van der Waals surface area contributed by atoms with E-state index in [-0.39, 0.29) is 22.3 Å². The lowest BCUT2D eigenvalue weighted by Crippen LogP contribution is -2.42. The Balaban J connectivity index is 1.98. The highest BCUT2D eigenvalue weighted by molar-refractivity contribution is 7.92. The molecule has 0 bridgehead atoms. The highest BCUT2D eigenvalue weighted by Crippen LogP contribution is 2.29. The quantitative estimate of drug-likeness (QED) is 0.294. The zero-order valence-electron chi connectivity index (χ0n) is 21.5. The normalized spacial score (nSPS) is 12.0. The number of anilines is 1. The molecule has 0 aromatic heterocycles. The van der Waals surface area contributed by atoms with Crippen LogP contribution in [0, 0.1) is 30.9 Å². The first-order valence-electron chi connectivity index (χ1n) is 11.8. The van der Waals surface area contributed by atoms with Crippen LogP contribution in [0.25, 0.3) is 0 Å². The number of amides is 1. The fraction of sp³-hybridized carbons (Fsp3) is 0.296. The molecule has 0 saturated carbocycles. The van der Waals surface area contributed by atoms with Crippen molar-refractivity contribution < 1.29 is 22.9 Å². The average molecular weight is 526 g/mol. The van der Waals surface area contributed by atoms with Gasteiger partial charge in [-0.25, -0.2) is 8.42 Å². The van der Waals surface area contributed by atoms with Gasteiger partial charge in [-0.15, -0.1) is 0 Å². The summed E-state index contributed by atoms with van der Waals surface area (Å²) in [7, 11) is -2.85. The molecule has 0 aliphatic heterocycles. The molecule has 1 atom stereocenters. The van der Waals surface area contributed by atoms with Crippen LogP contribution in [-0.4, -0.2) is 32.9 Å². The van der Waals surface area contributed by atoms with Gasteiger partial charge in [0.2, 0.25) is 5.91 Å². The minimum Gasteiger partial charge on any atom is -0.497 e. The highest BCUT2D eigenvalue weighted by Gasteiger charge is 2.30. The van der Waals surface area contributed by atoms with Gasteiger partial charge in [-0.2, -0.15) is 0 Å². The summed E-state index contributed by atoms with van der Waals surface area (Å²) in [6, 6.07) is 15.5. The molecule has 9 nitrogen and oxygen atoms in total. The molecule has 1 unspecified atom stereocenters. The molecule has 0 fully saturated rings. The number of nitro groups is 1. The predicted molar refractivity (Wildman–Crippen MR) is 142 cm³/mol. The van der Waals surface area contributed by atoms with Gasteiger partial charge in [0.25, 0.3) is 15.7 Å². The van der Waals surface area contributed by atoms with Crippen molar-refractivity contribution >= 4 is 27.3 Å². The first-order chi connectivity index (χ1) is 17.5. The second-order valence-corrected chi connectivity index (χ2v) is 10.6. The maximum atomic E-state index is 13.7. The molecule has 0 heterocycles. The SMILES string of the molecule is CCC(NC(=O)CN(c1ccc(OC)cc1)S(=O)(=O)c1ccc(C)c([N+](=O)[O-])c1)c1ccc(C)c(C)c1. The molecule has 0 saturated heterocycles. The minimum absolute atomic E-state index is 0.221. The topological polar surface area (TPSA) is 119 Å². The first-order valence-corrected chi connectivity index (χ1v) is 13.2. The molecule has 0 aliphatic rings. The number of nitro benzene ring substituents is 1. The molecule has 0 spiro atoms. The van der Waals surface area contributed by atoms with Crippen LogP contribution in [0.3, 0.4) is 0 Å². The number of methoxy groups -OCH3 is 1. The van der Waals surface area contributed by atoms with Crippen molar-refractivity contribution in [2.75, 3.05) is 18.0 Å². The smallest absolute Gasteiger partial charge is 0.273 e. The van der Waals surface area contributed by atoms with E-state index in [1.165, 1.54) is 38.3 Å². The van der Waals surface area contributed by atoms with Crippen LogP contribution in [0.1, 0.15) is 41.6 Å². The van der Waals surface area contributed by atoms with Gasteiger partial charge in [-0.1, -0.05) is 31.2 Å². The number of hydrogen-bond acceptors (Lipinski definition) is 6. The summed E-state index contributed by atoms with van der Waals surface area (Å²) in [5.74, 6) is 0.00314. The van der Waals surface area contributed by atoms with Crippen LogP contribution < -0.4 is 14.4 Å². The number of sulfonamides is 1. The molecular weight excluding hydrogens is 494 g/mol. The van der Waals surface area contributed by atoms with Crippen LogP contribution in [0.15, 0.2) is 65.6 Å². The number of hydrogen-bond donors (Lipinski definition) is 1. The molecule has 1 amide bonds. The summed E-state index contributed by atoms with van der Waals surface area (Å²) in [5.41, 5.74) is 3.38. The Morgan fingerprint density at radius 2 is 1.65 bits per heavy atom. The number of ether oxygens (including phenoxy) is 1. The Hall–Kier alpha value is -3.92. The van der Waals surface area contributed by atoms with Crippen molar-refractivity contribution in [3.8, 4) is 5.75 Å². The summed E-state index contributed by atoms with van der Waals surface area (Å²) in [6.45, 7) is 6.94. The van der Waals surface area contributed by atoms with Gasteiger partial charge in [-0.3, -0.25) is 19.2 Å². The third-order valence-electron chi connectivity index (χ3n) is 6.29. The lowest BCUT2D eigenvalue weighted by Gasteiger charge is -2.26. The van der Waals surface area contributed by atoms with Gasteiger partial charge in [0.1, 0.15) is 12.3 Å². The van der Waals surface area contributed by atoms with E-state index in [0.29, 0.717) is 17.7 Å². The summed E-state index contributed by atoms with van der Waals surface area (Å²) in [5, 5.41) is 14.4. The average Bonchev–Trinajstić information content (AvgIpc) is 2.87. The van der Waals surface area contributed by atoms with Crippen LogP contribution >= 0.6 is 0 Å². The number of nitrogens with zero attached hydrogens (tertiary/aromatic N) is 2. The summed E-state index contributed by atoms with van der Waals surface area (Å²) in [4.78, 5) is 23.7. The molecule has 196 valence electrons. The Morgan fingerprint density at radius 3 is 2.22 bits per heavy atom. The molecular formula is C27H31N3O6S. The number of carbonyl (C=O) groups excluding carboxylic acids is 1. The minimum atomic E-state index is -4.33. The zero-order chi connectivity index (χ0) is 27.3. The van der Waals surface area contributed by atoms with E-state index in [9.17, 15) is 23.3 Å². The summed E-state index contributed by atoms with van der Waals surface area (Å²) >= 11 is 0. The summed E-state index contributed by atoms with van der Waals surface area (Å²) < 4.78 is 33.5. The van der Waals surface area contributed by atoms with Crippen molar-refractivity contribution in [3.05, 3.63) is 93.0 Å². The van der Waals surface area contributed by atoms with Crippen molar-refractivity contribution in [1.82, 2.24) is 5.32 Å². The molecule has 37 heavy (non-hydrogen) atoms. The number of benzene rings is 3. The number of rotatable bonds is 10. The van der Waals surface area contributed by atoms with Gasteiger partial charge in [0, 0.05) is 11.6 Å². The van der Waals surface area contributed by atoms with Crippen molar-refractivity contribution in [1.29, 1.82) is 0 Å². The number of aryl methyl sites for hydroxylation is 3. The van der Waals surface area contributed by atoms with Gasteiger partial charge in [-0.05, 0) is 74.2 Å². The summed E-state index contributed by atoms with van der Waals surface area (Å²) in [6.07, 6.45) is 0.605. The third-order valence-corrected chi connectivity index (χ3v) is 8.06. The molecule has 3 rings (SSSR count). The van der Waals surface area contributed by atoms with Crippen molar-refractivity contribution in [3.63, 3.8) is 0 Å². The Labute approximate surface area is 217 Å². The van der Waals surface area contributed by atoms with Crippen LogP contribution in [0.4, 0.5) is 11.4 Å². The largest absolute Gasteiger partial charge is 0.497 e. The predicted octanol–water partition coefficient (Wildman–Crippen LogP) is 4.99. The van der Waals surface area contributed by atoms with E-state index in [1.54, 1.807) is 12.1 Å². The van der Waals surface area contributed by atoms with E-state index >= 15 is 0 Å². The maximum absolute atomic E-state index is 13.7. The van der Waals surface area contributed by atoms with Gasteiger partial charge in [0.05, 0.1) is 28.7 Å². The molecule has 0 radical (unpaired) electrons. The molecule has 3 aromatic rings. The Morgan fingerprint density at radius 1 is 1.00 bits per heavy atom. The second-order valence-electron chi connectivity index (χ2n) is 8.79. The fourth-order valence-electron chi connectivity index (χ4n) is 3.91. The monoisotopic (exact) mass is 525 g/mol.